The molecule has 0 saturated carbocycles. The summed E-state index contributed by atoms with van der Waals surface area (Å²) in [6.07, 6.45) is 3.30. The lowest BCUT2D eigenvalue weighted by molar-refractivity contribution is 0.567. The normalized spacial score (nSPS) is 12.2. The van der Waals surface area contributed by atoms with Gasteiger partial charge in [-0.3, -0.25) is 0 Å². The Balaban J connectivity index is 1.98. The van der Waals surface area contributed by atoms with Crippen molar-refractivity contribution in [3.8, 4) is 11.1 Å². The summed E-state index contributed by atoms with van der Waals surface area (Å²) in [4.78, 5) is 0.989. The van der Waals surface area contributed by atoms with E-state index in [-0.39, 0.29) is 11.7 Å². The highest BCUT2D eigenvalue weighted by Gasteiger charge is 2.13. The van der Waals surface area contributed by atoms with Crippen LogP contribution in [0.3, 0.4) is 0 Å². The standard InChI is InChI=1S/C13H17NO3S2/c1-10(2)9-19(15,16)14-6-13-5-12(8-18-13)11-3-4-17-7-11/h3-5,7-8,10,14H,6,9H2,1-2H3. The van der Waals surface area contributed by atoms with Gasteiger partial charge in [-0.05, 0) is 29.0 Å². The lowest BCUT2D eigenvalue weighted by atomic mass is 10.2. The van der Waals surface area contributed by atoms with Crippen LogP contribution < -0.4 is 4.72 Å². The molecule has 19 heavy (non-hydrogen) atoms. The lowest BCUT2D eigenvalue weighted by Gasteiger charge is -2.07. The molecular weight excluding hydrogens is 282 g/mol. The van der Waals surface area contributed by atoms with Crippen molar-refractivity contribution in [3.63, 3.8) is 0 Å². The van der Waals surface area contributed by atoms with Crippen molar-refractivity contribution in [2.45, 2.75) is 20.4 Å². The topological polar surface area (TPSA) is 59.3 Å². The monoisotopic (exact) mass is 299 g/mol. The van der Waals surface area contributed by atoms with E-state index in [1.165, 1.54) is 11.3 Å². The maximum Gasteiger partial charge on any atom is 0.212 e. The predicted octanol–water partition coefficient (Wildman–Crippen LogP) is 3.08. The van der Waals surface area contributed by atoms with Crippen LogP contribution >= 0.6 is 11.3 Å². The molecule has 0 aliphatic rings. The van der Waals surface area contributed by atoms with Crippen LogP contribution in [-0.4, -0.2) is 14.2 Å². The molecule has 0 aromatic carbocycles. The second-order valence-electron chi connectivity index (χ2n) is 4.81. The third-order valence-corrected chi connectivity index (χ3v) is 5.15. The van der Waals surface area contributed by atoms with Gasteiger partial charge in [0.2, 0.25) is 10.0 Å². The Hall–Kier alpha value is -1.11. The molecule has 0 aliphatic carbocycles. The number of furan rings is 1. The average molecular weight is 299 g/mol. The van der Waals surface area contributed by atoms with Crippen molar-refractivity contribution >= 4 is 21.4 Å². The molecule has 6 heteroatoms. The first-order valence-electron chi connectivity index (χ1n) is 6.03. The summed E-state index contributed by atoms with van der Waals surface area (Å²) in [6.45, 7) is 4.13. The summed E-state index contributed by atoms with van der Waals surface area (Å²) in [6, 6.07) is 3.86. The minimum Gasteiger partial charge on any atom is -0.472 e. The van der Waals surface area contributed by atoms with Crippen LogP contribution in [0.25, 0.3) is 11.1 Å². The first-order valence-corrected chi connectivity index (χ1v) is 8.57. The Morgan fingerprint density at radius 1 is 1.37 bits per heavy atom. The van der Waals surface area contributed by atoms with Crippen LogP contribution in [0, 0.1) is 5.92 Å². The second-order valence-corrected chi connectivity index (χ2v) is 7.66. The van der Waals surface area contributed by atoms with Gasteiger partial charge in [-0.1, -0.05) is 13.8 Å². The number of hydrogen-bond donors (Lipinski definition) is 1. The van der Waals surface area contributed by atoms with Gasteiger partial charge in [0, 0.05) is 17.0 Å². The fourth-order valence-electron chi connectivity index (χ4n) is 1.73. The Morgan fingerprint density at radius 3 is 2.79 bits per heavy atom. The SMILES string of the molecule is CC(C)CS(=O)(=O)NCc1cc(-c2ccoc2)cs1. The maximum atomic E-state index is 11.7. The Bertz CT molecular complexity index is 612. The van der Waals surface area contributed by atoms with Crippen molar-refractivity contribution < 1.29 is 12.8 Å². The van der Waals surface area contributed by atoms with Gasteiger partial charge in [0.25, 0.3) is 0 Å². The van der Waals surface area contributed by atoms with Crippen LogP contribution in [0.1, 0.15) is 18.7 Å². The van der Waals surface area contributed by atoms with Gasteiger partial charge in [-0.2, -0.15) is 0 Å². The highest BCUT2D eigenvalue weighted by molar-refractivity contribution is 7.89. The number of thiophene rings is 1. The van der Waals surface area contributed by atoms with Gasteiger partial charge in [-0.25, -0.2) is 13.1 Å². The minimum absolute atomic E-state index is 0.127. The van der Waals surface area contributed by atoms with Crippen molar-refractivity contribution in [1.29, 1.82) is 0 Å². The Kier molecular flexibility index (Phi) is 4.44. The van der Waals surface area contributed by atoms with E-state index < -0.39 is 10.0 Å². The van der Waals surface area contributed by atoms with E-state index >= 15 is 0 Å². The zero-order valence-electron chi connectivity index (χ0n) is 10.9. The molecule has 0 amide bonds. The fourth-order valence-corrected chi connectivity index (χ4v) is 4.03. The molecule has 0 aliphatic heterocycles. The third kappa shape index (κ3) is 4.19. The molecule has 4 nitrogen and oxygen atoms in total. The van der Waals surface area contributed by atoms with Crippen LogP contribution in [0.2, 0.25) is 0 Å². The molecule has 0 spiro atoms. The molecule has 2 rings (SSSR count). The highest BCUT2D eigenvalue weighted by Crippen LogP contribution is 2.25. The van der Waals surface area contributed by atoms with Gasteiger partial charge < -0.3 is 4.42 Å². The lowest BCUT2D eigenvalue weighted by Crippen LogP contribution is -2.27. The van der Waals surface area contributed by atoms with Gasteiger partial charge in [0.1, 0.15) is 0 Å². The van der Waals surface area contributed by atoms with E-state index in [0.29, 0.717) is 6.54 Å². The van der Waals surface area contributed by atoms with Crippen LogP contribution in [-0.2, 0) is 16.6 Å². The summed E-state index contributed by atoms with van der Waals surface area (Å²) in [5, 5.41) is 2.00. The van der Waals surface area contributed by atoms with Crippen molar-refractivity contribution in [3.05, 3.63) is 34.9 Å². The molecule has 2 aromatic rings. The largest absolute Gasteiger partial charge is 0.472 e. The number of hydrogen-bond acceptors (Lipinski definition) is 4. The molecule has 0 radical (unpaired) electrons. The number of nitrogens with one attached hydrogen (secondary N) is 1. The highest BCUT2D eigenvalue weighted by atomic mass is 32.2. The molecule has 0 saturated heterocycles. The van der Waals surface area contributed by atoms with Crippen molar-refractivity contribution in [2.75, 3.05) is 5.75 Å². The van der Waals surface area contributed by atoms with Crippen molar-refractivity contribution in [1.82, 2.24) is 4.72 Å². The number of sulfonamides is 1. The van der Waals surface area contributed by atoms with Crippen LogP contribution in [0.4, 0.5) is 0 Å². The molecule has 0 atom stereocenters. The van der Waals surface area contributed by atoms with E-state index in [0.717, 1.165) is 16.0 Å². The molecule has 2 aromatic heterocycles. The van der Waals surface area contributed by atoms with Crippen LogP contribution in [0.5, 0.6) is 0 Å². The summed E-state index contributed by atoms with van der Waals surface area (Å²) in [5.74, 6) is 0.287. The van der Waals surface area contributed by atoms with E-state index in [2.05, 4.69) is 4.72 Å². The van der Waals surface area contributed by atoms with E-state index in [9.17, 15) is 8.42 Å². The summed E-state index contributed by atoms with van der Waals surface area (Å²) < 4.78 is 31.1. The van der Waals surface area contributed by atoms with Gasteiger partial charge >= 0.3 is 0 Å². The zero-order chi connectivity index (χ0) is 13.9. The van der Waals surface area contributed by atoms with E-state index in [1.807, 2.05) is 31.4 Å². The average Bonchev–Trinajstić information content (AvgIpc) is 2.96. The predicted molar refractivity (Wildman–Crippen MR) is 77.5 cm³/mol. The molecule has 2 heterocycles. The molecule has 0 fully saturated rings. The maximum absolute atomic E-state index is 11.7. The van der Waals surface area contributed by atoms with E-state index in [4.69, 9.17) is 4.42 Å². The molecule has 0 bridgehead atoms. The van der Waals surface area contributed by atoms with E-state index in [1.54, 1.807) is 12.5 Å². The Labute approximate surface area is 117 Å². The molecule has 104 valence electrons. The summed E-state index contributed by atoms with van der Waals surface area (Å²) in [7, 11) is -3.19. The first kappa shape index (κ1) is 14.3. The molecule has 1 N–H and O–H groups in total. The summed E-state index contributed by atoms with van der Waals surface area (Å²) in [5.41, 5.74) is 2.06. The summed E-state index contributed by atoms with van der Waals surface area (Å²) >= 11 is 1.54. The van der Waals surface area contributed by atoms with Crippen LogP contribution in [0.15, 0.2) is 34.5 Å². The fraction of sp³-hybridized carbons (Fsp3) is 0.385. The molecule has 0 unspecified atom stereocenters. The Morgan fingerprint density at radius 2 is 2.16 bits per heavy atom. The van der Waals surface area contributed by atoms with Gasteiger partial charge in [-0.15, -0.1) is 11.3 Å². The quantitative estimate of drug-likeness (QED) is 0.891. The second kappa shape index (κ2) is 5.90. The van der Waals surface area contributed by atoms with Gasteiger partial charge in [0.15, 0.2) is 0 Å². The molecular formula is C13H17NO3S2. The smallest absolute Gasteiger partial charge is 0.212 e. The van der Waals surface area contributed by atoms with Gasteiger partial charge in [0.05, 0.1) is 18.3 Å². The van der Waals surface area contributed by atoms with Crippen molar-refractivity contribution in [2.24, 2.45) is 5.92 Å². The number of rotatable bonds is 6. The first-order chi connectivity index (χ1) is 8.96. The minimum atomic E-state index is -3.19. The third-order valence-electron chi connectivity index (χ3n) is 2.53. The zero-order valence-corrected chi connectivity index (χ0v) is 12.6.